The molecule has 0 fully saturated rings. The van der Waals surface area contributed by atoms with Crippen LogP contribution in [0.25, 0.3) is 0 Å². The molecule has 0 aliphatic rings. The standard InChI is InChI=1S/C20H16F5N5O4S2/c1-30(34-19(31)20(23,24)25)36(32,33)12-4-6-16(35-2)15(8-12)29-18-9-17(26-10-27-18)28-11-3-5-13(21)14(22)7-11/h3-10H,1-2H3,(H2,26,27,28,29). The number of thioether (sulfide) groups is 1. The van der Waals surface area contributed by atoms with E-state index in [-0.39, 0.29) is 27.5 Å². The summed E-state index contributed by atoms with van der Waals surface area (Å²) in [7, 11) is -4.01. The van der Waals surface area contributed by atoms with Gasteiger partial charge in [0, 0.05) is 29.8 Å². The van der Waals surface area contributed by atoms with Gasteiger partial charge in [-0.15, -0.1) is 11.8 Å². The molecule has 3 rings (SSSR count). The number of anilines is 4. The summed E-state index contributed by atoms with van der Waals surface area (Å²) < 4.78 is 89.1. The lowest BCUT2D eigenvalue weighted by Crippen LogP contribution is -2.36. The monoisotopic (exact) mass is 549 g/mol. The summed E-state index contributed by atoms with van der Waals surface area (Å²) in [5.74, 6) is -4.44. The highest BCUT2D eigenvalue weighted by Crippen LogP contribution is 2.32. The van der Waals surface area contributed by atoms with Crippen LogP contribution in [0.15, 0.2) is 58.6 Å². The highest BCUT2D eigenvalue weighted by molar-refractivity contribution is 7.98. The lowest BCUT2D eigenvalue weighted by atomic mass is 10.3. The van der Waals surface area contributed by atoms with E-state index in [0.29, 0.717) is 11.9 Å². The van der Waals surface area contributed by atoms with Crippen LogP contribution in [-0.2, 0) is 19.7 Å². The first-order valence-corrected chi connectivity index (χ1v) is 12.2. The molecule has 0 aliphatic heterocycles. The number of nitrogens with one attached hydrogen (secondary N) is 2. The molecule has 16 heteroatoms. The Labute approximate surface area is 205 Å². The molecule has 1 heterocycles. The quantitative estimate of drug-likeness (QED) is 0.236. The Bertz CT molecular complexity index is 1390. The van der Waals surface area contributed by atoms with E-state index in [9.17, 15) is 35.2 Å². The molecule has 0 unspecified atom stereocenters. The van der Waals surface area contributed by atoms with Crippen molar-refractivity contribution in [2.24, 2.45) is 0 Å². The van der Waals surface area contributed by atoms with Crippen LogP contribution in [-0.4, -0.2) is 48.3 Å². The molecule has 0 amide bonds. The van der Waals surface area contributed by atoms with Gasteiger partial charge in [-0.05, 0) is 41.1 Å². The van der Waals surface area contributed by atoms with E-state index >= 15 is 0 Å². The molecule has 0 atom stereocenters. The maximum atomic E-state index is 13.5. The molecule has 0 bridgehead atoms. The average Bonchev–Trinajstić information content (AvgIpc) is 2.81. The smallest absolute Gasteiger partial charge is 0.345 e. The number of sulfonamides is 1. The summed E-state index contributed by atoms with van der Waals surface area (Å²) in [6.45, 7) is 0. The van der Waals surface area contributed by atoms with Crippen molar-refractivity contribution in [2.45, 2.75) is 16.0 Å². The van der Waals surface area contributed by atoms with Gasteiger partial charge in [-0.25, -0.2) is 32.0 Å². The molecule has 0 aliphatic carbocycles. The number of alkyl halides is 3. The van der Waals surface area contributed by atoms with E-state index in [0.717, 1.165) is 30.6 Å². The third kappa shape index (κ3) is 6.38. The predicted octanol–water partition coefficient (Wildman–Crippen LogP) is 4.60. The fourth-order valence-corrected chi connectivity index (χ4v) is 4.17. The van der Waals surface area contributed by atoms with Crippen LogP contribution in [0.3, 0.4) is 0 Å². The third-order valence-corrected chi connectivity index (χ3v) is 6.77. The number of nitrogens with zero attached hydrogens (tertiary/aromatic N) is 3. The van der Waals surface area contributed by atoms with E-state index < -0.39 is 38.7 Å². The van der Waals surface area contributed by atoms with Crippen molar-refractivity contribution in [3.63, 3.8) is 0 Å². The number of rotatable bonds is 8. The van der Waals surface area contributed by atoms with Crippen LogP contribution < -0.4 is 10.6 Å². The molecule has 0 radical (unpaired) electrons. The molecule has 2 N–H and O–H groups in total. The van der Waals surface area contributed by atoms with Crippen molar-refractivity contribution in [1.29, 1.82) is 0 Å². The molecule has 0 spiro atoms. The van der Waals surface area contributed by atoms with Crippen LogP contribution >= 0.6 is 11.8 Å². The summed E-state index contributed by atoms with van der Waals surface area (Å²) in [5, 5.41) is 5.63. The second-order valence-electron chi connectivity index (χ2n) is 6.82. The van der Waals surface area contributed by atoms with Crippen molar-refractivity contribution < 1.29 is 40.0 Å². The average molecular weight is 550 g/mol. The zero-order chi connectivity index (χ0) is 26.7. The number of carbonyl (C=O) groups is 1. The SMILES string of the molecule is CSc1ccc(S(=O)(=O)N(C)OC(=O)C(F)(F)F)cc1Nc1cc(Nc2ccc(F)c(F)c2)ncn1. The van der Waals surface area contributed by atoms with Crippen LogP contribution in [0.4, 0.5) is 45.0 Å². The number of benzene rings is 2. The van der Waals surface area contributed by atoms with E-state index in [1.807, 2.05) is 0 Å². The van der Waals surface area contributed by atoms with Crippen molar-refractivity contribution in [1.82, 2.24) is 14.4 Å². The second-order valence-corrected chi connectivity index (χ2v) is 9.60. The predicted molar refractivity (Wildman–Crippen MR) is 120 cm³/mol. The van der Waals surface area contributed by atoms with Gasteiger partial charge in [-0.2, -0.15) is 13.2 Å². The van der Waals surface area contributed by atoms with Gasteiger partial charge in [-0.1, -0.05) is 0 Å². The van der Waals surface area contributed by atoms with Gasteiger partial charge in [0.25, 0.3) is 10.0 Å². The fraction of sp³-hybridized carbons (Fsp3) is 0.150. The zero-order valence-corrected chi connectivity index (χ0v) is 19.9. The molecule has 36 heavy (non-hydrogen) atoms. The van der Waals surface area contributed by atoms with Crippen LogP contribution in [0, 0.1) is 11.6 Å². The van der Waals surface area contributed by atoms with Crippen LogP contribution in [0.2, 0.25) is 0 Å². The van der Waals surface area contributed by atoms with Gasteiger partial charge >= 0.3 is 12.1 Å². The lowest BCUT2D eigenvalue weighted by molar-refractivity contribution is -0.219. The molecule has 192 valence electrons. The van der Waals surface area contributed by atoms with E-state index in [2.05, 4.69) is 25.4 Å². The largest absolute Gasteiger partial charge is 0.492 e. The first kappa shape index (κ1) is 27.1. The van der Waals surface area contributed by atoms with Gasteiger partial charge in [-0.3, -0.25) is 0 Å². The van der Waals surface area contributed by atoms with Gasteiger partial charge in [0.05, 0.1) is 10.6 Å². The number of hydrogen-bond donors (Lipinski definition) is 2. The molecule has 9 nitrogen and oxygen atoms in total. The topological polar surface area (TPSA) is 114 Å². The van der Waals surface area contributed by atoms with Crippen molar-refractivity contribution in [2.75, 3.05) is 23.9 Å². The molecule has 3 aromatic rings. The number of hydrogen-bond acceptors (Lipinski definition) is 9. The Balaban J connectivity index is 1.86. The third-order valence-electron chi connectivity index (χ3n) is 4.37. The molecular weight excluding hydrogens is 533 g/mol. The van der Waals surface area contributed by atoms with Gasteiger partial charge < -0.3 is 15.5 Å². The molecule has 0 saturated heterocycles. The van der Waals surface area contributed by atoms with Gasteiger partial charge in [0.1, 0.15) is 18.0 Å². The highest BCUT2D eigenvalue weighted by atomic mass is 32.2. The molecular formula is C20H16F5N5O4S2. The Morgan fingerprint density at radius 3 is 2.28 bits per heavy atom. The summed E-state index contributed by atoms with van der Waals surface area (Å²) in [6, 6.07) is 8.16. The Morgan fingerprint density at radius 2 is 1.67 bits per heavy atom. The number of hydroxylamine groups is 1. The fourth-order valence-electron chi connectivity index (χ4n) is 2.67. The maximum Gasteiger partial charge on any atom is 0.492 e. The molecule has 0 saturated carbocycles. The Hall–Kier alpha value is -3.50. The van der Waals surface area contributed by atoms with Crippen LogP contribution in [0.5, 0.6) is 0 Å². The number of halogens is 5. The van der Waals surface area contributed by atoms with E-state index in [1.165, 1.54) is 30.0 Å². The van der Waals surface area contributed by atoms with Gasteiger partial charge in [0.2, 0.25) is 0 Å². The number of aromatic nitrogens is 2. The summed E-state index contributed by atoms with van der Waals surface area (Å²) >= 11 is 1.22. The highest BCUT2D eigenvalue weighted by Gasteiger charge is 2.43. The lowest BCUT2D eigenvalue weighted by Gasteiger charge is -2.18. The summed E-state index contributed by atoms with van der Waals surface area (Å²) in [5.41, 5.74) is 0.407. The first-order valence-electron chi connectivity index (χ1n) is 9.58. The first-order chi connectivity index (χ1) is 16.8. The van der Waals surface area contributed by atoms with Gasteiger partial charge in [0.15, 0.2) is 11.6 Å². The molecule has 2 aromatic carbocycles. The minimum Gasteiger partial charge on any atom is -0.345 e. The summed E-state index contributed by atoms with van der Waals surface area (Å²) in [4.78, 5) is 23.0. The second kappa shape index (κ2) is 10.6. The molecule has 1 aromatic heterocycles. The number of carbonyl (C=O) groups excluding carboxylic acids is 1. The minimum absolute atomic E-state index is 0.164. The minimum atomic E-state index is -5.39. The normalized spacial score (nSPS) is 11.9. The van der Waals surface area contributed by atoms with E-state index in [4.69, 9.17) is 0 Å². The Morgan fingerprint density at radius 1 is 1.00 bits per heavy atom. The summed E-state index contributed by atoms with van der Waals surface area (Å²) in [6.07, 6.45) is -2.55. The van der Waals surface area contributed by atoms with Crippen LogP contribution in [0.1, 0.15) is 0 Å². The van der Waals surface area contributed by atoms with Crippen molar-refractivity contribution in [3.05, 3.63) is 60.4 Å². The van der Waals surface area contributed by atoms with Crippen molar-refractivity contribution >= 4 is 50.8 Å². The van der Waals surface area contributed by atoms with E-state index in [1.54, 1.807) is 6.26 Å². The Kier molecular flexibility index (Phi) is 8.00. The van der Waals surface area contributed by atoms with Crippen molar-refractivity contribution in [3.8, 4) is 0 Å². The maximum absolute atomic E-state index is 13.5. The zero-order valence-electron chi connectivity index (χ0n) is 18.3.